The molecular formula is C18H17S2+. The third kappa shape index (κ3) is 2.67. The van der Waals surface area contributed by atoms with E-state index in [2.05, 4.69) is 77.9 Å². The predicted octanol–water partition coefficient (Wildman–Crippen LogP) is 5.17. The van der Waals surface area contributed by atoms with Crippen LogP contribution in [-0.4, -0.2) is 12.5 Å². The Bertz CT molecular complexity index is 736. The summed E-state index contributed by atoms with van der Waals surface area (Å²) in [7, 11) is 0.269. The molecule has 0 N–H and O–H groups in total. The SMILES string of the molecule is C[S+](C)/C=C(\c1ccccc1)c1csc2ccccc12. The van der Waals surface area contributed by atoms with Gasteiger partial charge in [0.1, 0.15) is 17.9 Å². The van der Waals surface area contributed by atoms with Crippen molar-refractivity contribution < 1.29 is 0 Å². The second kappa shape index (κ2) is 5.86. The van der Waals surface area contributed by atoms with E-state index in [1.807, 2.05) is 11.3 Å². The highest BCUT2D eigenvalue weighted by Crippen LogP contribution is 2.34. The van der Waals surface area contributed by atoms with E-state index >= 15 is 0 Å². The van der Waals surface area contributed by atoms with Crippen molar-refractivity contribution in [2.75, 3.05) is 12.5 Å². The lowest BCUT2D eigenvalue weighted by Gasteiger charge is -2.06. The molecular weight excluding hydrogens is 280 g/mol. The molecule has 0 amide bonds. The molecule has 0 aliphatic carbocycles. The standard InChI is InChI=1S/C18H17S2/c1-20(2)13-17(14-8-4-3-5-9-14)16-12-19-18-11-7-6-10-15(16)18/h3-13H,1-2H3/q+1/b17-13+. The number of thiophene rings is 1. The summed E-state index contributed by atoms with van der Waals surface area (Å²) < 4.78 is 1.36. The first-order chi connectivity index (χ1) is 9.75. The van der Waals surface area contributed by atoms with Gasteiger partial charge in [-0.15, -0.1) is 11.3 Å². The molecule has 0 bridgehead atoms. The van der Waals surface area contributed by atoms with Gasteiger partial charge in [-0.1, -0.05) is 48.5 Å². The minimum Gasteiger partial charge on any atom is -0.143 e. The molecule has 2 heteroatoms. The van der Waals surface area contributed by atoms with Crippen LogP contribution in [0.1, 0.15) is 11.1 Å². The minimum atomic E-state index is 0.269. The summed E-state index contributed by atoms with van der Waals surface area (Å²) in [6, 6.07) is 19.4. The zero-order valence-corrected chi connectivity index (χ0v) is 13.3. The summed E-state index contributed by atoms with van der Waals surface area (Å²) in [5.74, 6) is 0. The molecule has 0 nitrogen and oxygen atoms in total. The Hall–Kier alpha value is -1.51. The smallest absolute Gasteiger partial charge is 0.127 e. The molecule has 2 aromatic carbocycles. The Labute approximate surface area is 127 Å². The molecule has 1 aromatic heterocycles. The molecule has 0 spiro atoms. The van der Waals surface area contributed by atoms with E-state index in [0.29, 0.717) is 0 Å². The molecule has 0 aliphatic rings. The summed E-state index contributed by atoms with van der Waals surface area (Å²) in [6.07, 6.45) is 4.52. The Kier molecular flexibility index (Phi) is 3.95. The quantitative estimate of drug-likeness (QED) is 0.585. The van der Waals surface area contributed by atoms with E-state index in [4.69, 9.17) is 0 Å². The highest BCUT2D eigenvalue weighted by molar-refractivity contribution is 7.98. The summed E-state index contributed by atoms with van der Waals surface area (Å²) in [5.41, 5.74) is 4.02. The molecule has 100 valence electrons. The van der Waals surface area contributed by atoms with Gasteiger partial charge in [0.2, 0.25) is 0 Å². The van der Waals surface area contributed by atoms with Crippen LogP contribution in [-0.2, 0) is 10.9 Å². The van der Waals surface area contributed by atoms with Crippen molar-refractivity contribution in [3.8, 4) is 0 Å². The van der Waals surface area contributed by atoms with Crippen LogP contribution in [0.2, 0.25) is 0 Å². The van der Waals surface area contributed by atoms with Crippen molar-refractivity contribution in [2.45, 2.75) is 0 Å². The molecule has 0 aliphatic heterocycles. The summed E-state index contributed by atoms with van der Waals surface area (Å²) in [4.78, 5) is 0. The maximum Gasteiger partial charge on any atom is 0.127 e. The molecule has 0 radical (unpaired) electrons. The largest absolute Gasteiger partial charge is 0.143 e. The molecule has 3 aromatic rings. The maximum absolute atomic E-state index is 2.39. The monoisotopic (exact) mass is 297 g/mol. The van der Waals surface area contributed by atoms with Crippen molar-refractivity contribution in [1.82, 2.24) is 0 Å². The van der Waals surface area contributed by atoms with Crippen LogP contribution in [0, 0.1) is 0 Å². The van der Waals surface area contributed by atoms with Gasteiger partial charge in [-0.2, -0.15) is 0 Å². The van der Waals surface area contributed by atoms with Gasteiger partial charge in [-0.3, -0.25) is 0 Å². The molecule has 1 heterocycles. The van der Waals surface area contributed by atoms with Gasteiger partial charge >= 0.3 is 0 Å². The Balaban J connectivity index is 2.20. The van der Waals surface area contributed by atoms with Crippen molar-refractivity contribution >= 4 is 37.9 Å². The van der Waals surface area contributed by atoms with Crippen molar-refractivity contribution in [3.05, 3.63) is 76.5 Å². The van der Waals surface area contributed by atoms with E-state index in [9.17, 15) is 0 Å². The van der Waals surface area contributed by atoms with Crippen LogP contribution in [0.4, 0.5) is 0 Å². The number of fused-ring (bicyclic) bond motifs is 1. The zero-order valence-electron chi connectivity index (χ0n) is 11.7. The zero-order chi connectivity index (χ0) is 13.9. The van der Waals surface area contributed by atoms with Crippen molar-refractivity contribution in [1.29, 1.82) is 0 Å². The van der Waals surface area contributed by atoms with Crippen LogP contribution in [0.15, 0.2) is 65.4 Å². The summed E-state index contributed by atoms with van der Waals surface area (Å²) in [6.45, 7) is 0. The molecule has 0 saturated heterocycles. The molecule has 0 unspecified atom stereocenters. The second-order valence-corrected chi connectivity index (χ2v) is 7.83. The summed E-state index contributed by atoms with van der Waals surface area (Å²) in [5, 5.41) is 6.04. The van der Waals surface area contributed by atoms with E-state index < -0.39 is 0 Å². The fraction of sp³-hybridized carbons (Fsp3) is 0.111. The van der Waals surface area contributed by atoms with Gasteiger partial charge in [-0.25, -0.2) is 0 Å². The highest BCUT2D eigenvalue weighted by Gasteiger charge is 2.14. The van der Waals surface area contributed by atoms with E-state index in [1.165, 1.54) is 26.8 Å². The van der Waals surface area contributed by atoms with Crippen molar-refractivity contribution in [3.63, 3.8) is 0 Å². The van der Waals surface area contributed by atoms with E-state index in [0.717, 1.165) is 0 Å². The van der Waals surface area contributed by atoms with Crippen molar-refractivity contribution in [2.24, 2.45) is 0 Å². The number of hydrogen-bond donors (Lipinski definition) is 0. The average molecular weight is 297 g/mol. The lowest BCUT2D eigenvalue weighted by molar-refractivity contribution is 1.61. The van der Waals surface area contributed by atoms with E-state index in [-0.39, 0.29) is 10.9 Å². The van der Waals surface area contributed by atoms with Crippen LogP contribution >= 0.6 is 11.3 Å². The third-order valence-electron chi connectivity index (χ3n) is 3.21. The second-order valence-electron chi connectivity index (χ2n) is 4.92. The normalized spacial score (nSPS) is 12.2. The molecule has 20 heavy (non-hydrogen) atoms. The van der Waals surface area contributed by atoms with E-state index in [1.54, 1.807) is 0 Å². The molecule has 3 rings (SSSR count). The van der Waals surface area contributed by atoms with Gasteiger partial charge in [0.15, 0.2) is 0 Å². The number of hydrogen-bond acceptors (Lipinski definition) is 1. The summed E-state index contributed by atoms with van der Waals surface area (Å²) >= 11 is 1.83. The lowest BCUT2D eigenvalue weighted by atomic mass is 9.99. The highest BCUT2D eigenvalue weighted by atomic mass is 32.2. The first-order valence-electron chi connectivity index (χ1n) is 6.56. The third-order valence-corrected chi connectivity index (χ3v) is 4.88. The first kappa shape index (κ1) is 13.5. The maximum atomic E-state index is 2.39. The molecule has 0 atom stereocenters. The first-order valence-corrected chi connectivity index (χ1v) is 9.54. The van der Waals surface area contributed by atoms with Gasteiger partial charge < -0.3 is 0 Å². The lowest BCUT2D eigenvalue weighted by Crippen LogP contribution is -1.93. The van der Waals surface area contributed by atoms with Crippen LogP contribution in [0.25, 0.3) is 15.7 Å². The minimum absolute atomic E-state index is 0.269. The Morgan fingerprint density at radius 1 is 0.950 bits per heavy atom. The molecule has 0 fully saturated rings. The van der Waals surface area contributed by atoms with Crippen LogP contribution in [0.5, 0.6) is 0 Å². The van der Waals surface area contributed by atoms with Crippen LogP contribution < -0.4 is 0 Å². The average Bonchev–Trinajstić information content (AvgIpc) is 2.89. The van der Waals surface area contributed by atoms with Crippen LogP contribution in [0.3, 0.4) is 0 Å². The predicted molar refractivity (Wildman–Crippen MR) is 94.6 cm³/mol. The fourth-order valence-electron chi connectivity index (χ4n) is 2.33. The van der Waals surface area contributed by atoms with Gasteiger partial charge in [-0.05, 0) is 17.0 Å². The topological polar surface area (TPSA) is 0 Å². The Morgan fingerprint density at radius 3 is 2.40 bits per heavy atom. The number of benzene rings is 2. The van der Waals surface area contributed by atoms with Gasteiger partial charge in [0.25, 0.3) is 0 Å². The van der Waals surface area contributed by atoms with Gasteiger partial charge in [0, 0.05) is 32.1 Å². The Morgan fingerprint density at radius 2 is 1.65 bits per heavy atom. The molecule has 0 saturated carbocycles. The number of rotatable bonds is 3. The van der Waals surface area contributed by atoms with Gasteiger partial charge in [0.05, 0.1) is 0 Å². The fourth-order valence-corrected chi connectivity index (χ4v) is 4.02.